The summed E-state index contributed by atoms with van der Waals surface area (Å²) < 4.78 is 39.4. The second-order valence-electron chi connectivity index (χ2n) is 6.10. The highest BCUT2D eigenvalue weighted by Gasteiger charge is 2.32. The predicted octanol–water partition coefficient (Wildman–Crippen LogP) is 3.73. The smallest absolute Gasteiger partial charge is 0.320 e. The highest BCUT2D eigenvalue weighted by atomic mass is 79.9. The summed E-state index contributed by atoms with van der Waals surface area (Å²) in [4.78, 5) is 34.8. The van der Waals surface area contributed by atoms with Crippen LogP contribution in [0.25, 0.3) is 22.4 Å². The monoisotopic (exact) mass is 498 g/mol. The van der Waals surface area contributed by atoms with Crippen LogP contribution in [0.5, 0.6) is 0 Å². The third kappa shape index (κ3) is 3.98. The Hall–Kier alpha value is -3.06. The van der Waals surface area contributed by atoms with Crippen molar-refractivity contribution in [2.24, 2.45) is 0 Å². The molecule has 0 bridgehead atoms. The highest BCUT2D eigenvalue weighted by Crippen LogP contribution is 2.38. The van der Waals surface area contributed by atoms with E-state index < -0.39 is 23.3 Å². The number of thiophene rings is 1. The van der Waals surface area contributed by atoms with Gasteiger partial charge in [0.2, 0.25) is 5.91 Å². The normalized spacial score (nSPS) is 11.7. The topological polar surface area (TPSA) is 116 Å². The van der Waals surface area contributed by atoms with E-state index in [1.165, 1.54) is 23.7 Å². The van der Waals surface area contributed by atoms with Gasteiger partial charge in [0, 0.05) is 15.4 Å². The number of hydrogen-bond donors (Lipinski definition) is 3. The number of pyridine rings is 2. The minimum absolute atomic E-state index is 0.0105. The molecule has 0 atom stereocenters. The maximum absolute atomic E-state index is 12.9. The van der Waals surface area contributed by atoms with Crippen molar-refractivity contribution in [3.63, 3.8) is 0 Å². The van der Waals surface area contributed by atoms with Crippen LogP contribution in [0.3, 0.4) is 0 Å². The summed E-state index contributed by atoms with van der Waals surface area (Å²) >= 11 is 4.61. The number of nitrogens with zero attached hydrogens (tertiary/aromatic N) is 3. The summed E-state index contributed by atoms with van der Waals surface area (Å²) in [6.07, 6.45) is -3.65. The third-order valence-corrected chi connectivity index (χ3v) is 5.89. The molecule has 0 aliphatic heterocycles. The first-order valence-corrected chi connectivity index (χ1v) is 9.92. The zero-order valence-electron chi connectivity index (χ0n) is 14.7. The molecule has 30 heavy (non-hydrogen) atoms. The van der Waals surface area contributed by atoms with E-state index in [4.69, 9.17) is 0 Å². The van der Waals surface area contributed by atoms with Crippen molar-refractivity contribution in [3.8, 4) is 11.4 Å². The molecule has 4 rings (SSSR count). The standard InChI is InChI=1S/C17H10BrF3N6O2S/c18-8-5-30-16(13(8)14-22-6-23-27-14)26-12(28)4-7-3-10-9(25-15(7)29)1-2-11(24-10)17(19,20)21/h1-3,5-6H,4H2,(H,25,29)(H,26,28)(H,22,23,27). The number of carbonyl (C=O) groups excluding carboxylic acids is 1. The Morgan fingerprint density at radius 3 is 2.80 bits per heavy atom. The lowest BCUT2D eigenvalue weighted by Crippen LogP contribution is -2.21. The van der Waals surface area contributed by atoms with Crippen molar-refractivity contribution in [1.82, 2.24) is 25.1 Å². The molecule has 0 aliphatic carbocycles. The Morgan fingerprint density at radius 2 is 2.10 bits per heavy atom. The van der Waals surface area contributed by atoms with Gasteiger partial charge >= 0.3 is 6.18 Å². The van der Waals surface area contributed by atoms with Crippen LogP contribution in [0.2, 0.25) is 0 Å². The number of fused-ring (bicyclic) bond motifs is 1. The molecule has 0 aliphatic rings. The summed E-state index contributed by atoms with van der Waals surface area (Å²) in [7, 11) is 0. The van der Waals surface area contributed by atoms with E-state index in [9.17, 15) is 22.8 Å². The number of aromatic amines is 2. The number of aromatic nitrogens is 5. The molecule has 4 aromatic rings. The molecule has 154 valence electrons. The zero-order chi connectivity index (χ0) is 21.5. The van der Waals surface area contributed by atoms with Gasteiger partial charge in [-0.25, -0.2) is 9.97 Å². The van der Waals surface area contributed by atoms with Crippen molar-refractivity contribution >= 4 is 49.2 Å². The molecule has 8 nitrogen and oxygen atoms in total. The van der Waals surface area contributed by atoms with Crippen LogP contribution in [0, 0.1) is 0 Å². The highest BCUT2D eigenvalue weighted by molar-refractivity contribution is 9.10. The second kappa shape index (κ2) is 7.65. The number of carbonyl (C=O) groups is 1. The maximum Gasteiger partial charge on any atom is 0.433 e. The third-order valence-electron chi connectivity index (χ3n) is 4.07. The van der Waals surface area contributed by atoms with E-state index in [0.29, 0.717) is 20.9 Å². The van der Waals surface area contributed by atoms with Gasteiger partial charge in [0.1, 0.15) is 17.0 Å². The number of rotatable bonds is 4. The quantitative estimate of drug-likeness (QED) is 0.396. The summed E-state index contributed by atoms with van der Waals surface area (Å²) in [5, 5.41) is 11.4. The number of halogens is 4. The van der Waals surface area contributed by atoms with Gasteiger partial charge in [-0.2, -0.15) is 18.3 Å². The molecule has 3 N–H and O–H groups in total. The number of anilines is 1. The van der Waals surface area contributed by atoms with E-state index in [1.54, 1.807) is 5.38 Å². The molecule has 4 aromatic heterocycles. The Kier molecular flexibility index (Phi) is 5.15. The zero-order valence-corrected chi connectivity index (χ0v) is 17.1. The van der Waals surface area contributed by atoms with E-state index in [0.717, 1.165) is 12.1 Å². The van der Waals surface area contributed by atoms with E-state index >= 15 is 0 Å². The van der Waals surface area contributed by atoms with Crippen LogP contribution in [-0.2, 0) is 17.4 Å². The van der Waals surface area contributed by atoms with Crippen LogP contribution in [0.15, 0.2) is 39.2 Å². The van der Waals surface area contributed by atoms with Gasteiger partial charge in [-0.05, 0) is 34.1 Å². The molecule has 0 radical (unpaired) electrons. The van der Waals surface area contributed by atoms with Crippen LogP contribution < -0.4 is 10.9 Å². The summed E-state index contributed by atoms with van der Waals surface area (Å²) in [5.41, 5.74) is -1.00. The van der Waals surface area contributed by atoms with Gasteiger partial charge in [-0.3, -0.25) is 14.7 Å². The second-order valence-corrected chi connectivity index (χ2v) is 7.83. The average Bonchev–Trinajstić information content (AvgIpc) is 3.31. The summed E-state index contributed by atoms with van der Waals surface area (Å²) in [5.74, 6) is -0.0900. The van der Waals surface area contributed by atoms with Crippen LogP contribution in [-0.4, -0.2) is 31.1 Å². The number of H-pyrrole nitrogens is 2. The molecule has 0 saturated heterocycles. The molecule has 1 amide bonds. The van der Waals surface area contributed by atoms with Crippen molar-refractivity contribution in [2.75, 3.05) is 5.32 Å². The Labute approximate surface area is 177 Å². The van der Waals surface area contributed by atoms with E-state index in [-0.39, 0.29) is 23.0 Å². The van der Waals surface area contributed by atoms with E-state index in [1.807, 2.05) is 0 Å². The number of nitrogens with one attached hydrogen (secondary N) is 3. The predicted molar refractivity (Wildman–Crippen MR) is 107 cm³/mol. The first kappa shape index (κ1) is 20.2. The number of hydrogen-bond acceptors (Lipinski definition) is 6. The minimum atomic E-state index is -4.62. The summed E-state index contributed by atoms with van der Waals surface area (Å²) in [6, 6.07) is 3.10. The molecule has 0 spiro atoms. The van der Waals surface area contributed by atoms with Crippen molar-refractivity contribution < 1.29 is 18.0 Å². The molecule has 0 fully saturated rings. The van der Waals surface area contributed by atoms with Crippen molar-refractivity contribution in [3.05, 3.63) is 56.0 Å². The lowest BCUT2D eigenvalue weighted by molar-refractivity contribution is -0.141. The minimum Gasteiger partial charge on any atom is -0.320 e. The Bertz CT molecular complexity index is 1300. The largest absolute Gasteiger partial charge is 0.433 e. The molecule has 0 saturated carbocycles. The molecular formula is C17H10BrF3N6O2S. The number of alkyl halides is 3. The van der Waals surface area contributed by atoms with Gasteiger partial charge < -0.3 is 10.3 Å². The fraction of sp³-hybridized carbons (Fsp3) is 0.118. The van der Waals surface area contributed by atoms with Crippen LogP contribution >= 0.6 is 27.3 Å². The lowest BCUT2D eigenvalue weighted by atomic mass is 10.1. The Morgan fingerprint density at radius 1 is 1.30 bits per heavy atom. The van der Waals surface area contributed by atoms with Crippen molar-refractivity contribution in [2.45, 2.75) is 12.6 Å². The number of amides is 1. The van der Waals surface area contributed by atoms with Gasteiger partial charge in [0.15, 0.2) is 5.82 Å². The Balaban J connectivity index is 1.61. The lowest BCUT2D eigenvalue weighted by Gasteiger charge is -2.08. The SMILES string of the molecule is O=C(Cc1cc2nc(C(F)(F)F)ccc2[nH]c1=O)Nc1scc(Br)c1-c1ncn[nH]1. The molecule has 0 unspecified atom stereocenters. The average molecular weight is 499 g/mol. The van der Waals surface area contributed by atoms with Gasteiger partial charge in [-0.1, -0.05) is 0 Å². The summed E-state index contributed by atoms with van der Waals surface area (Å²) in [6.45, 7) is 0. The molecule has 13 heteroatoms. The maximum atomic E-state index is 12.9. The van der Waals surface area contributed by atoms with Crippen LogP contribution in [0.4, 0.5) is 18.2 Å². The fourth-order valence-electron chi connectivity index (χ4n) is 2.73. The van der Waals surface area contributed by atoms with Gasteiger partial charge in [0.05, 0.1) is 23.0 Å². The van der Waals surface area contributed by atoms with Crippen LogP contribution in [0.1, 0.15) is 11.3 Å². The van der Waals surface area contributed by atoms with E-state index in [2.05, 4.69) is 46.4 Å². The molecule has 4 heterocycles. The molecular weight excluding hydrogens is 489 g/mol. The molecule has 0 aromatic carbocycles. The first-order valence-electron chi connectivity index (χ1n) is 8.25. The fourth-order valence-corrected chi connectivity index (χ4v) is 4.37. The first-order chi connectivity index (χ1) is 14.2. The van der Waals surface area contributed by atoms with Crippen molar-refractivity contribution in [1.29, 1.82) is 0 Å². The van der Waals surface area contributed by atoms with Gasteiger partial charge in [-0.15, -0.1) is 11.3 Å². The van der Waals surface area contributed by atoms with Gasteiger partial charge in [0.25, 0.3) is 5.56 Å².